The topological polar surface area (TPSA) is 55.4 Å². The Morgan fingerprint density at radius 3 is 2.36 bits per heavy atom. The maximum Gasteiger partial charge on any atom is 0.338 e. The van der Waals surface area contributed by atoms with Gasteiger partial charge in [0.15, 0.2) is 0 Å². The van der Waals surface area contributed by atoms with Crippen molar-refractivity contribution in [3.63, 3.8) is 0 Å². The van der Waals surface area contributed by atoms with Gasteiger partial charge in [-0.15, -0.1) is 0 Å². The predicted molar refractivity (Wildman–Crippen MR) is 86.3 cm³/mol. The molecule has 0 atom stereocenters. The fourth-order valence-electron chi connectivity index (χ4n) is 2.08. The maximum atomic E-state index is 12.3. The van der Waals surface area contributed by atoms with Gasteiger partial charge in [-0.2, -0.15) is 0 Å². The van der Waals surface area contributed by atoms with Crippen LogP contribution in [0, 0.1) is 13.8 Å². The molecule has 1 N–H and O–H groups in total. The minimum Gasteiger partial charge on any atom is -0.462 e. The third-order valence-electron chi connectivity index (χ3n) is 3.29. The highest BCUT2D eigenvalue weighted by Crippen LogP contribution is 2.15. The second-order valence-corrected chi connectivity index (χ2v) is 5.07. The first-order chi connectivity index (χ1) is 10.5. The summed E-state index contributed by atoms with van der Waals surface area (Å²) in [5.41, 5.74) is 3.71. The largest absolute Gasteiger partial charge is 0.462 e. The number of benzene rings is 2. The highest BCUT2D eigenvalue weighted by atomic mass is 16.5. The summed E-state index contributed by atoms with van der Waals surface area (Å²) in [6, 6.07) is 12.4. The fourth-order valence-corrected chi connectivity index (χ4v) is 2.08. The van der Waals surface area contributed by atoms with Gasteiger partial charge in [0.25, 0.3) is 5.91 Å². The zero-order valence-corrected chi connectivity index (χ0v) is 13.0. The first-order valence-corrected chi connectivity index (χ1v) is 7.17. The smallest absolute Gasteiger partial charge is 0.338 e. The zero-order chi connectivity index (χ0) is 16.1. The lowest BCUT2D eigenvalue weighted by Crippen LogP contribution is -2.13. The summed E-state index contributed by atoms with van der Waals surface area (Å²) in [6.45, 7) is 5.95. The second-order valence-electron chi connectivity index (χ2n) is 5.07. The normalized spacial score (nSPS) is 10.1. The van der Waals surface area contributed by atoms with Crippen LogP contribution >= 0.6 is 0 Å². The quantitative estimate of drug-likeness (QED) is 0.875. The Balaban J connectivity index is 2.12. The van der Waals surface area contributed by atoms with E-state index in [0.717, 1.165) is 11.1 Å². The molecule has 0 bridgehead atoms. The molecule has 1 amide bonds. The molecule has 2 aromatic rings. The Labute approximate surface area is 130 Å². The first-order valence-electron chi connectivity index (χ1n) is 7.17. The second kappa shape index (κ2) is 6.89. The summed E-state index contributed by atoms with van der Waals surface area (Å²) in [5.74, 6) is -0.528. The van der Waals surface area contributed by atoms with Crippen LogP contribution in [0.3, 0.4) is 0 Å². The van der Waals surface area contributed by atoms with Gasteiger partial charge in [-0.1, -0.05) is 17.7 Å². The molecule has 0 fully saturated rings. The minimum absolute atomic E-state index is 0.162. The number of hydrogen-bond acceptors (Lipinski definition) is 3. The molecule has 4 nitrogen and oxygen atoms in total. The van der Waals surface area contributed by atoms with Crippen LogP contribution < -0.4 is 5.32 Å². The summed E-state index contributed by atoms with van der Waals surface area (Å²) >= 11 is 0. The number of carbonyl (C=O) groups excluding carboxylic acids is 2. The molecule has 0 spiro atoms. The Morgan fingerprint density at radius 2 is 1.73 bits per heavy atom. The molecule has 0 unspecified atom stereocenters. The summed E-state index contributed by atoms with van der Waals surface area (Å²) in [6.07, 6.45) is 0. The number of anilines is 1. The maximum absolute atomic E-state index is 12.3. The van der Waals surface area contributed by atoms with Crippen LogP contribution in [0.5, 0.6) is 0 Å². The van der Waals surface area contributed by atoms with Gasteiger partial charge in [-0.3, -0.25) is 4.79 Å². The SMILES string of the molecule is CCOC(=O)c1ccc(NC(=O)c2cc(C)ccc2C)cc1. The molecule has 2 rings (SSSR count). The summed E-state index contributed by atoms with van der Waals surface area (Å²) < 4.78 is 4.92. The van der Waals surface area contributed by atoms with E-state index >= 15 is 0 Å². The highest BCUT2D eigenvalue weighted by Gasteiger charge is 2.10. The highest BCUT2D eigenvalue weighted by molar-refractivity contribution is 6.05. The standard InChI is InChI=1S/C18H19NO3/c1-4-22-18(21)14-7-9-15(10-8-14)19-17(20)16-11-12(2)5-6-13(16)3/h5-11H,4H2,1-3H3,(H,19,20). The monoisotopic (exact) mass is 297 g/mol. The predicted octanol–water partition coefficient (Wildman–Crippen LogP) is 3.73. The van der Waals surface area contributed by atoms with Crippen molar-refractivity contribution >= 4 is 17.6 Å². The number of rotatable bonds is 4. The fraction of sp³-hybridized carbons (Fsp3) is 0.222. The Bertz CT molecular complexity index is 690. The van der Waals surface area contributed by atoms with Gasteiger partial charge in [0.05, 0.1) is 12.2 Å². The van der Waals surface area contributed by atoms with Gasteiger partial charge in [0.1, 0.15) is 0 Å². The average molecular weight is 297 g/mol. The lowest BCUT2D eigenvalue weighted by Gasteiger charge is -2.09. The third kappa shape index (κ3) is 3.73. The number of nitrogens with one attached hydrogen (secondary N) is 1. The van der Waals surface area contributed by atoms with Crippen molar-refractivity contribution in [2.45, 2.75) is 20.8 Å². The van der Waals surface area contributed by atoms with Crippen LogP contribution in [0.4, 0.5) is 5.69 Å². The number of esters is 1. The number of ether oxygens (including phenoxy) is 1. The molecule has 0 radical (unpaired) electrons. The summed E-state index contributed by atoms with van der Waals surface area (Å²) in [5, 5.41) is 2.83. The van der Waals surface area contributed by atoms with Gasteiger partial charge < -0.3 is 10.1 Å². The lowest BCUT2D eigenvalue weighted by atomic mass is 10.0. The summed E-state index contributed by atoms with van der Waals surface area (Å²) in [4.78, 5) is 23.9. The van der Waals surface area contributed by atoms with Gasteiger partial charge in [-0.25, -0.2) is 4.79 Å². The van der Waals surface area contributed by atoms with Crippen molar-refractivity contribution in [2.24, 2.45) is 0 Å². The Morgan fingerprint density at radius 1 is 1.05 bits per heavy atom. The first kappa shape index (κ1) is 15.8. The van der Waals surface area contributed by atoms with Crippen molar-refractivity contribution in [3.8, 4) is 0 Å². The van der Waals surface area contributed by atoms with Crippen molar-refractivity contribution in [2.75, 3.05) is 11.9 Å². The molecular weight excluding hydrogens is 278 g/mol. The van der Waals surface area contributed by atoms with Crippen molar-refractivity contribution in [1.82, 2.24) is 0 Å². The van der Waals surface area contributed by atoms with E-state index in [1.54, 1.807) is 31.2 Å². The molecule has 0 aromatic heterocycles. The van der Waals surface area contributed by atoms with E-state index in [9.17, 15) is 9.59 Å². The van der Waals surface area contributed by atoms with Crippen molar-refractivity contribution in [3.05, 3.63) is 64.7 Å². The van der Waals surface area contributed by atoms with Crippen molar-refractivity contribution < 1.29 is 14.3 Å². The molecule has 4 heteroatoms. The molecule has 22 heavy (non-hydrogen) atoms. The Kier molecular flexibility index (Phi) is 4.94. The van der Waals surface area contributed by atoms with E-state index in [1.165, 1.54) is 0 Å². The molecule has 0 saturated carbocycles. The zero-order valence-electron chi connectivity index (χ0n) is 13.0. The molecular formula is C18H19NO3. The Hall–Kier alpha value is -2.62. The molecule has 2 aromatic carbocycles. The average Bonchev–Trinajstić information content (AvgIpc) is 2.50. The molecule has 0 heterocycles. The van der Waals surface area contributed by atoms with E-state index in [2.05, 4.69) is 5.32 Å². The van der Waals surface area contributed by atoms with Gasteiger partial charge in [-0.05, 0) is 56.7 Å². The van der Waals surface area contributed by atoms with Crippen molar-refractivity contribution in [1.29, 1.82) is 0 Å². The van der Waals surface area contributed by atoms with Crippen LogP contribution in [0.25, 0.3) is 0 Å². The molecule has 0 aliphatic heterocycles. The van der Waals surface area contributed by atoms with Gasteiger partial charge in [0.2, 0.25) is 0 Å². The molecule has 0 aliphatic rings. The number of aryl methyl sites for hydroxylation is 2. The van der Waals surface area contributed by atoms with Crippen LogP contribution in [0.1, 0.15) is 38.8 Å². The van der Waals surface area contributed by atoms with Gasteiger partial charge in [0, 0.05) is 11.3 Å². The van der Waals surface area contributed by atoms with Crippen LogP contribution in [-0.2, 0) is 4.74 Å². The van der Waals surface area contributed by atoms with Gasteiger partial charge >= 0.3 is 5.97 Å². The van der Waals surface area contributed by atoms with E-state index in [1.807, 2.05) is 32.0 Å². The molecule has 0 saturated heterocycles. The third-order valence-corrected chi connectivity index (χ3v) is 3.29. The van der Waals surface area contributed by atoms with E-state index in [-0.39, 0.29) is 11.9 Å². The van der Waals surface area contributed by atoms with E-state index < -0.39 is 0 Å². The molecule has 114 valence electrons. The van der Waals surface area contributed by atoms with Crippen LogP contribution in [0.15, 0.2) is 42.5 Å². The van der Waals surface area contributed by atoms with E-state index in [4.69, 9.17) is 4.74 Å². The number of amides is 1. The van der Waals surface area contributed by atoms with Crippen LogP contribution in [-0.4, -0.2) is 18.5 Å². The van der Waals surface area contributed by atoms with Crippen LogP contribution in [0.2, 0.25) is 0 Å². The van der Waals surface area contributed by atoms with E-state index in [0.29, 0.717) is 23.4 Å². The number of hydrogen-bond donors (Lipinski definition) is 1. The molecule has 0 aliphatic carbocycles. The minimum atomic E-state index is -0.366. The lowest BCUT2D eigenvalue weighted by molar-refractivity contribution is 0.0526. The number of carbonyl (C=O) groups is 2. The summed E-state index contributed by atoms with van der Waals surface area (Å²) in [7, 11) is 0.